The Bertz CT molecular complexity index is 1180. The van der Waals surface area contributed by atoms with E-state index in [2.05, 4.69) is 21.2 Å². The SMILES string of the molecule is CCOC(=O)C1=C(C)NC(=O)NC1c1ccccc1OCC(=O)NN=Cc1ccc(O)c(OC)c1. The van der Waals surface area contributed by atoms with E-state index in [1.165, 1.54) is 19.4 Å². The van der Waals surface area contributed by atoms with Crippen LogP contribution in [0.1, 0.15) is 31.0 Å². The minimum atomic E-state index is -0.829. The van der Waals surface area contributed by atoms with E-state index in [4.69, 9.17) is 14.2 Å². The van der Waals surface area contributed by atoms with Crippen molar-refractivity contribution in [2.24, 2.45) is 5.10 Å². The van der Waals surface area contributed by atoms with Crippen molar-refractivity contribution >= 4 is 24.1 Å². The molecule has 35 heavy (non-hydrogen) atoms. The van der Waals surface area contributed by atoms with Gasteiger partial charge in [-0.2, -0.15) is 5.10 Å². The average Bonchev–Trinajstić information content (AvgIpc) is 2.83. The van der Waals surface area contributed by atoms with Crippen molar-refractivity contribution in [3.63, 3.8) is 0 Å². The Morgan fingerprint density at radius 3 is 2.71 bits per heavy atom. The summed E-state index contributed by atoms with van der Waals surface area (Å²) in [6, 6.07) is 10.0. The number of urea groups is 1. The highest BCUT2D eigenvalue weighted by molar-refractivity contribution is 5.95. The van der Waals surface area contributed by atoms with Crippen LogP contribution in [0.5, 0.6) is 17.2 Å². The summed E-state index contributed by atoms with van der Waals surface area (Å²) < 4.78 is 15.9. The number of rotatable bonds is 9. The molecule has 3 amide bonds. The molecule has 184 valence electrons. The van der Waals surface area contributed by atoms with Gasteiger partial charge in [-0.15, -0.1) is 0 Å². The highest BCUT2D eigenvalue weighted by Crippen LogP contribution is 2.33. The topological polar surface area (TPSA) is 148 Å². The van der Waals surface area contributed by atoms with Crippen molar-refractivity contribution in [2.75, 3.05) is 20.3 Å². The zero-order chi connectivity index (χ0) is 25.4. The first-order valence-corrected chi connectivity index (χ1v) is 10.7. The molecular formula is C24H26N4O7. The second kappa shape index (κ2) is 11.5. The Labute approximate surface area is 201 Å². The van der Waals surface area contributed by atoms with Crippen LogP contribution in [0.15, 0.2) is 58.8 Å². The number of ether oxygens (including phenoxy) is 3. The maximum atomic E-state index is 12.6. The standard InChI is InChI=1S/C24H26N4O7/c1-4-34-23(31)21-14(2)26-24(32)27-22(21)16-7-5-6-8-18(16)35-13-20(30)28-25-12-15-9-10-17(29)19(11-15)33-3/h5-12,22,29H,4,13H2,1-3H3,(H,28,30)(H2,26,27,32). The molecule has 1 aliphatic rings. The number of para-hydroxylation sites is 1. The second-order valence-corrected chi connectivity index (χ2v) is 7.34. The first kappa shape index (κ1) is 25.1. The van der Waals surface area contributed by atoms with Gasteiger partial charge in [-0.3, -0.25) is 4.79 Å². The Morgan fingerprint density at radius 1 is 1.20 bits per heavy atom. The quantitative estimate of drug-likeness (QED) is 0.243. The minimum absolute atomic E-state index is 0.0122. The summed E-state index contributed by atoms with van der Waals surface area (Å²) in [5.41, 5.74) is 4.03. The lowest BCUT2D eigenvalue weighted by atomic mass is 9.95. The Morgan fingerprint density at radius 2 is 1.97 bits per heavy atom. The Balaban J connectivity index is 1.70. The number of aromatic hydroxyl groups is 1. The van der Waals surface area contributed by atoms with E-state index in [0.717, 1.165) is 0 Å². The van der Waals surface area contributed by atoms with Gasteiger partial charge in [0.05, 0.1) is 31.5 Å². The smallest absolute Gasteiger partial charge is 0.338 e. The summed E-state index contributed by atoms with van der Waals surface area (Å²) >= 11 is 0. The molecule has 3 rings (SSSR count). The van der Waals surface area contributed by atoms with Crippen LogP contribution in [0.4, 0.5) is 4.79 Å². The number of carbonyl (C=O) groups is 3. The summed E-state index contributed by atoms with van der Waals surface area (Å²) in [6.07, 6.45) is 1.39. The summed E-state index contributed by atoms with van der Waals surface area (Å²) in [7, 11) is 1.43. The van der Waals surface area contributed by atoms with Gasteiger partial charge in [-0.1, -0.05) is 18.2 Å². The molecule has 2 aromatic rings. The van der Waals surface area contributed by atoms with Crippen LogP contribution in [0.25, 0.3) is 0 Å². The van der Waals surface area contributed by atoms with Crippen LogP contribution in [0.3, 0.4) is 0 Å². The summed E-state index contributed by atoms with van der Waals surface area (Å²) in [6.45, 7) is 3.10. The number of phenols is 1. The second-order valence-electron chi connectivity index (χ2n) is 7.34. The predicted molar refractivity (Wildman–Crippen MR) is 126 cm³/mol. The molecule has 0 saturated carbocycles. The lowest BCUT2D eigenvalue weighted by molar-refractivity contribution is -0.139. The lowest BCUT2D eigenvalue weighted by Gasteiger charge is -2.29. The van der Waals surface area contributed by atoms with Gasteiger partial charge >= 0.3 is 12.0 Å². The third-order valence-electron chi connectivity index (χ3n) is 4.96. The molecule has 4 N–H and O–H groups in total. The van der Waals surface area contributed by atoms with Crippen molar-refractivity contribution in [1.82, 2.24) is 16.1 Å². The number of phenolic OH excluding ortho intramolecular Hbond substituents is 1. The minimum Gasteiger partial charge on any atom is -0.504 e. The van der Waals surface area contributed by atoms with Gasteiger partial charge in [0, 0.05) is 11.3 Å². The molecule has 0 fully saturated rings. The fourth-order valence-corrected chi connectivity index (χ4v) is 3.39. The average molecular weight is 482 g/mol. The highest BCUT2D eigenvalue weighted by Gasteiger charge is 2.33. The van der Waals surface area contributed by atoms with E-state index in [-0.39, 0.29) is 30.3 Å². The van der Waals surface area contributed by atoms with Crippen molar-refractivity contribution < 1.29 is 33.7 Å². The normalized spacial score (nSPS) is 15.3. The van der Waals surface area contributed by atoms with Crippen LogP contribution >= 0.6 is 0 Å². The van der Waals surface area contributed by atoms with Crippen molar-refractivity contribution in [3.8, 4) is 17.2 Å². The fourth-order valence-electron chi connectivity index (χ4n) is 3.39. The maximum absolute atomic E-state index is 12.6. The molecule has 1 aliphatic heterocycles. The van der Waals surface area contributed by atoms with Gasteiger partial charge in [0.2, 0.25) is 0 Å². The van der Waals surface area contributed by atoms with E-state index in [0.29, 0.717) is 22.6 Å². The zero-order valence-electron chi connectivity index (χ0n) is 19.5. The number of allylic oxidation sites excluding steroid dienone is 1. The Kier molecular flexibility index (Phi) is 8.28. The number of nitrogens with one attached hydrogen (secondary N) is 3. The van der Waals surface area contributed by atoms with Gasteiger partial charge in [0.15, 0.2) is 18.1 Å². The van der Waals surface area contributed by atoms with Gasteiger partial charge in [0.1, 0.15) is 5.75 Å². The van der Waals surface area contributed by atoms with Crippen molar-refractivity contribution in [2.45, 2.75) is 19.9 Å². The molecule has 0 bridgehead atoms. The molecule has 1 unspecified atom stereocenters. The van der Waals surface area contributed by atoms with Gasteiger partial charge in [-0.25, -0.2) is 15.0 Å². The number of hydrazone groups is 1. The van der Waals surface area contributed by atoms with Crippen molar-refractivity contribution in [1.29, 1.82) is 0 Å². The van der Waals surface area contributed by atoms with E-state index in [1.54, 1.807) is 50.2 Å². The van der Waals surface area contributed by atoms with Crippen LogP contribution in [0.2, 0.25) is 0 Å². The predicted octanol–water partition coefficient (Wildman–Crippen LogP) is 2.12. The lowest BCUT2D eigenvalue weighted by Crippen LogP contribution is -2.45. The molecule has 11 nitrogen and oxygen atoms in total. The zero-order valence-corrected chi connectivity index (χ0v) is 19.5. The molecule has 0 aromatic heterocycles. The molecule has 0 spiro atoms. The van der Waals surface area contributed by atoms with E-state index >= 15 is 0 Å². The number of nitrogens with zero attached hydrogens (tertiary/aromatic N) is 1. The first-order chi connectivity index (χ1) is 16.8. The van der Waals surface area contributed by atoms with Gasteiger partial charge in [-0.05, 0) is 43.7 Å². The number of methoxy groups -OCH3 is 1. The molecule has 0 aliphatic carbocycles. The molecule has 11 heteroatoms. The molecule has 1 heterocycles. The van der Waals surface area contributed by atoms with Crippen molar-refractivity contribution in [3.05, 3.63) is 64.9 Å². The van der Waals surface area contributed by atoms with Gasteiger partial charge in [0.25, 0.3) is 5.91 Å². The largest absolute Gasteiger partial charge is 0.504 e. The number of hydrogen-bond acceptors (Lipinski definition) is 8. The van der Waals surface area contributed by atoms with Crippen LogP contribution < -0.4 is 25.5 Å². The van der Waals surface area contributed by atoms with Crippen LogP contribution in [-0.2, 0) is 14.3 Å². The fraction of sp³-hybridized carbons (Fsp3) is 0.250. The van der Waals surface area contributed by atoms with Crippen LogP contribution in [0, 0.1) is 0 Å². The first-order valence-electron chi connectivity index (χ1n) is 10.7. The number of hydrogen-bond donors (Lipinski definition) is 4. The Hall–Kier alpha value is -4.54. The van der Waals surface area contributed by atoms with Crippen LogP contribution in [-0.4, -0.2) is 49.6 Å². The maximum Gasteiger partial charge on any atom is 0.338 e. The third kappa shape index (κ3) is 6.28. The highest BCUT2D eigenvalue weighted by atomic mass is 16.5. The number of benzene rings is 2. The summed E-state index contributed by atoms with van der Waals surface area (Å²) in [5, 5.41) is 18.8. The molecule has 1 atom stereocenters. The van der Waals surface area contributed by atoms with E-state index in [1.807, 2.05) is 0 Å². The monoisotopic (exact) mass is 482 g/mol. The molecule has 2 aromatic carbocycles. The van der Waals surface area contributed by atoms with Gasteiger partial charge < -0.3 is 30.0 Å². The number of amides is 3. The molecular weight excluding hydrogens is 456 g/mol. The molecule has 0 radical (unpaired) electrons. The number of esters is 1. The summed E-state index contributed by atoms with van der Waals surface area (Å²) in [4.78, 5) is 36.9. The third-order valence-corrected chi connectivity index (χ3v) is 4.96. The number of carbonyl (C=O) groups excluding carboxylic acids is 3. The summed E-state index contributed by atoms with van der Waals surface area (Å²) in [5.74, 6) is -0.543. The van der Waals surface area contributed by atoms with E-state index in [9.17, 15) is 19.5 Å². The van der Waals surface area contributed by atoms with E-state index < -0.39 is 23.9 Å². The molecule has 0 saturated heterocycles.